The smallest absolute Gasteiger partial charge is 0.171 e. The van der Waals surface area contributed by atoms with E-state index >= 15 is 0 Å². The number of nitrogens with zero attached hydrogens (tertiary/aromatic N) is 3. The summed E-state index contributed by atoms with van der Waals surface area (Å²) in [5.41, 5.74) is 5.72. The van der Waals surface area contributed by atoms with Crippen molar-refractivity contribution in [2.45, 2.75) is 19.9 Å². The van der Waals surface area contributed by atoms with Crippen LogP contribution in [0.5, 0.6) is 5.75 Å². The average molecular weight is 264 g/mol. The van der Waals surface area contributed by atoms with E-state index < -0.39 is 0 Å². The fourth-order valence-corrected chi connectivity index (χ4v) is 2.41. The van der Waals surface area contributed by atoms with E-state index in [1.807, 2.05) is 25.3 Å². The van der Waals surface area contributed by atoms with Crippen LogP contribution in [-0.4, -0.2) is 55.3 Å². The van der Waals surface area contributed by atoms with Gasteiger partial charge in [0.05, 0.1) is 6.61 Å². The topological polar surface area (TPSA) is 54.6 Å². The van der Waals surface area contributed by atoms with Crippen LogP contribution in [-0.2, 0) is 0 Å². The lowest BCUT2D eigenvalue weighted by Gasteiger charge is -2.38. The monoisotopic (exact) mass is 264 g/mol. The molecule has 0 amide bonds. The van der Waals surface area contributed by atoms with Crippen LogP contribution >= 0.6 is 0 Å². The summed E-state index contributed by atoms with van der Waals surface area (Å²) < 4.78 is 5.65. The number of aromatic nitrogens is 1. The summed E-state index contributed by atoms with van der Waals surface area (Å²) in [7, 11) is 0. The predicted molar refractivity (Wildman–Crippen MR) is 77.7 cm³/mol. The Morgan fingerprint density at radius 2 is 2.11 bits per heavy atom. The Morgan fingerprint density at radius 3 is 2.74 bits per heavy atom. The molecule has 1 aromatic heterocycles. The highest BCUT2D eigenvalue weighted by Gasteiger charge is 2.22. The average Bonchev–Trinajstić information content (AvgIpc) is 2.47. The van der Waals surface area contributed by atoms with Crippen molar-refractivity contribution in [2.24, 2.45) is 5.73 Å². The maximum atomic E-state index is 5.72. The lowest BCUT2D eigenvalue weighted by Crippen LogP contribution is -2.51. The van der Waals surface area contributed by atoms with Gasteiger partial charge < -0.3 is 15.4 Å². The summed E-state index contributed by atoms with van der Waals surface area (Å²) in [4.78, 5) is 9.20. The van der Waals surface area contributed by atoms with Crippen molar-refractivity contribution in [1.29, 1.82) is 0 Å². The fraction of sp³-hybridized carbons (Fsp3) is 0.643. The number of pyridine rings is 1. The molecule has 1 atom stereocenters. The number of rotatable bonds is 5. The van der Waals surface area contributed by atoms with Crippen molar-refractivity contribution in [3.63, 3.8) is 0 Å². The molecule has 19 heavy (non-hydrogen) atoms. The van der Waals surface area contributed by atoms with E-state index in [4.69, 9.17) is 10.5 Å². The van der Waals surface area contributed by atoms with E-state index in [9.17, 15) is 0 Å². The van der Waals surface area contributed by atoms with Gasteiger partial charge in [0.15, 0.2) is 11.6 Å². The summed E-state index contributed by atoms with van der Waals surface area (Å²) in [6.07, 6.45) is 1.83. The number of hydrogen-bond donors (Lipinski definition) is 1. The van der Waals surface area contributed by atoms with Crippen LogP contribution in [0.3, 0.4) is 0 Å². The summed E-state index contributed by atoms with van der Waals surface area (Å²) in [6.45, 7) is 9.57. The molecule has 2 heterocycles. The second-order valence-electron chi connectivity index (χ2n) is 4.87. The van der Waals surface area contributed by atoms with Crippen LogP contribution in [0.1, 0.15) is 13.8 Å². The first kappa shape index (κ1) is 14.1. The van der Waals surface area contributed by atoms with Crippen LogP contribution in [0.4, 0.5) is 5.82 Å². The molecule has 0 aliphatic carbocycles. The van der Waals surface area contributed by atoms with E-state index in [0.717, 1.165) is 37.7 Å². The third-order valence-corrected chi connectivity index (χ3v) is 3.63. The first-order chi connectivity index (χ1) is 9.26. The molecule has 0 aromatic carbocycles. The van der Waals surface area contributed by atoms with Crippen LogP contribution in [0.15, 0.2) is 18.3 Å². The zero-order chi connectivity index (χ0) is 13.7. The van der Waals surface area contributed by atoms with Crippen LogP contribution in [0.2, 0.25) is 0 Å². The molecule has 0 spiro atoms. The van der Waals surface area contributed by atoms with Crippen LogP contribution in [0, 0.1) is 0 Å². The molecule has 1 saturated heterocycles. The van der Waals surface area contributed by atoms with Crippen molar-refractivity contribution < 1.29 is 4.74 Å². The summed E-state index contributed by atoms with van der Waals surface area (Å²) in [5.74, 6) is 1.84. The molecule has 1 fully saturated rings. The Labute approximate surface area is 115 Å². The molecule has 1 aromatic rings. The highest BCUT2D eigenvalue weighted by atomic mass is 16.5. The summed E-state index contributed by atoms with van der Waals surface area (Å²) >= 11 is 0. The second-order valence-corrected chi connectivity index (χ2v) is 4.87. The van der Waals surface area contributed by atoms with Gasteiger partial charge in [0, 0.05) is 45.0 Å². The van der Waals surface area contributed by atoms with E-state index in [2.05, 4.69) is 21.7 Å². The van der Waals surface area contributed by atoms with E-state index in [-0.39, 0.29) is 0 Å². The lowest BCUT2D eigenvalue weighted by molar-refractivity contribution is 0.200. The highest BCUT2D eigenvalue weighted by Crippen LogP contribution is 2.26. The first-order valence-corrected chi connectivity index (χ1v) is 7.03. The molecule has 106 valence electrons. The third kappa shape index (κ3) is 3.36. The van der Waals surface area contributed by atoms with Crippen molar-refractivity contribution >= 4 is 5.82 Å². The number of ether oxygens (including phenoxy) is 1. The van der Waals surface area contributed by atoms with Gasteiger partial charge in [-0.1, -0.05) is 0 Å². The van der Waals surface area contributed by atoms with Gasteiger partial charge in [-0.25, -0.2) is 4.98 Å². The number of piperazine rings is 1. The molecular formula is C14H24N4O. The van der Waals surface area contributed by atoms with Gasteiger partial charge in [-0.2, -0.15) is 0 Å². The minimum Gasteiger partial charge on any atom is -0.490 e. The van der Waals surface area contributed by atoms with Gasteiger partial charge in [0.1, 0.15) is 0 Å². The first-order valence-electron chi connectivity index (χ1n) is 7.03. The predicted octanol–water partition coefficient (Wildman–Crippen LogP) is 0.950. The molecule has 1 aliphatic heterocycles. The van der Waals surface area contributed by atoms with Gasteiger partial charge >= 0.3 is 0 Å². The van der Waals surface area contributed by atoms with Gasteiger partial charge in [0.25, 0.3) is 0 Å². The zero-order valence-corrected chi connectivity index (χ0v) is 11.9. The number of anilines is 1. The van der Waals surface area contributed by atoms with Crippen molar-refractivity contribution in [2.75, 3.05) is 44.2 Å². The maximum absolute atomic E-state index is 5.72. The maximum Gasteiger partial charge on any atom is 0.171 e. The SMILES string of the molecule is CCOc1cccnc1N1CCN(C(C)CN)CC1. The minimum atomic E-state index is 0.456. The van der Waals surface area contributed by atoms with Crippen molar-refractivity contribution in [3.05, 3.63) is 18.3 Å². The standard InChI is InChI=1S/C14H24N4O/c1-3-19-13-5-4-6-16-14(13)18-9-7-17(8-10-18)12(2)11-15/h4-6,12H,3,7-11,15H2,1-2H3. The molecular weight excluding hydrogens is 240 g/mol. The zero-order valence-electron chi connectivity index (χ0n) is 11.9. The number of hydrogen-bond acceptors (Lipinski definition) is 5. The Bertz CT molecular complexity index is 391. The quantitative estimate of drug-likeness (QED) is 0.858. The molecule has 1 aliphatic rings. The molecule has 0 saturated carbocycles. The van der Waals surface area contributed by atoms with Gasteiger partial charge in [-0.3, -0.25) is 4.90 Å². The lowest BCUT2D eigenvalue weighted by atomic mass is 10.2. The highest BCUT2D eigenvalue weighted by molar-refractivity contribution is 5.52. The Hall–Kier alpha value is -1.33. The van der Waals surface area contributed by atoms with Crippen molar-refractivity contribution in [1.82, 2.24) is 9.88 Å². The molecule has 1 unspecified atom stereocenters. The van der Waals surface area contributed by atoms with Gasteiger partial charge in [-0.15, -0.1) is 0 Å². The minimum absolute atomic E-state index is 0.456. The fourth-order valence-electron chi connectivity index (χ4n) is 2.41. The van der Waals surface area contributed by atoms with Gasteiger partial charge in [-0.05, 0) is 26.0 Å². The number of nitrogens with two attached hydrogens (primary N) is 1. The molecule has 5 nitrogen and oxygen atoms in total. The summed E-state index contributed by atoms with van der Waals surface area (Å²) in [6, 6.07) is 4.36. The normalized spacial score (nSPS) is 18.4. The summed E-state index contributed by atoms with van der Waals surface area (Å²) in [5, 5.41) is 0. The Morgan fingerprint density at radius 1 is 1.37 bits per heavy atom. The van der Waals surface area contributed by atoms with E-state index in [0.29, 0.717) is 19.2 Å². The van der Waals surface area contributed by atoms with Crippen LogP contribution in [0.25, 0.3) is 0 Å². The van der Waals surface area contributed by atoms with E-state index in [1.54, 1.807) is 0 Å². The molecule has 0 bridgehead atoms. The van der Waals surface area contributed by atoms with E-state index in [1.165, 1.54) is 0 Å². The van der Waals surface area contributed by atoms with Crippen LogP contribution < -0.4 is 15.4 Å². The molecule has 5 heteroatoms. The van der Waals surface area contributed by atoms with Gasteiger partial charge in [0.2, 0.25) is 0 Å². The third-order valence-electron chi connectivity index (χ3n) is 3.63. The molecule has 2 N–H and O–H groups in total. The van der Waals surface area contributed by atoms with Crippen molar-refractivity contribution in [3.8, 4) is 5.75 Å². The molecule has 2 rings (SSSR count). The Kier molecular flexibility index (Phi) is 4.99. The largest absolute Gasteiger partial charge is 0.490 e. The molecule has 0 radical (unpaired) electrons. The second kappa shape index (κ2) is 6.73. The Balaban J connectivity index is 2.01.